The van der Waals surface area contributed by atoms with E-state index in [0.29, 0.717) is 0 Å². The van der Waals surface area contributed by atoms with Gasteiger partial charge in [0.25, 0.3) is 0 Å². The second-order valence-electron chi connectivity index (χ2n) is 15.7. The first-order valence-electron chi connectivity index (χ1n) is 19.2. The van der Waals surface area contributed by atoms with Crippen LogP contribution in [0.25, 0.3) is 88.1 Å². The normalized spacial score (nSPS) is 14.2. The van der Waals surface area contributed by atoms with Gasteiger partial charge in [0.1, 0.15) is 11.2 Å². The van der Waals surface area contributed by atoms with Gasteiger partial charge in [-0.3, -0.25) is 0 Å². The van der Waals surface area contributed by atoms with Crippen molar-refractivity contribution in [1.82, 2.24) is 9.13 Å². The molecule has 0 N–H and O–H groups in total. The first-order chi connectivity index (χ1) is 27.5. The monoisotopic (exact) mass is 752 g/mol. The highest BCUT2D eigenvalue weighted by molar-refractivity contribution is 8.05. The minimum atomic E-state index is -0.163. The van der Waals surface area contributed by atoms with Gasteiger partial charge in [0.15, 0.2) is 0 Å². The Morgan fingerprint density at radius 1 is 0.429 bits per heavy atom. The molecule has 3 nitrogen and oxygen atoms in total. The average molecular weight is 753 g/mol. The molecule has 1 aliphatic carbocycles. The standard InChI is InChI=1S/C51H32N2OS2/c1-51(2)39-28-43-37(27-35(39)34-21-24-48-50(49(34)51)56-47-18-10-9-17-46(47)55-48)32-12-4-7-15-41(32)53(43)29-19-22-42-36(25-29)31-11-3-6-14-40(31)52(42)30-20-23-45-38(26-30)33-13-5-8-16-44(33)54-45/h3-28H,1-2H3. The molecule has 5 heteroatoms. The number of furan rings is 1. The Labute approximate surface area is 331 Å². The zero-order valence-electron chi connectivity index (χ0n) is 30.6. The van der Waals surface area contributed by atoms with Gasteiger partial charge in [0.2, 0.25) is 0 Å². The lowest BCUT2D eigenvalue weighted by Gasteiger charge is -2.28. The topological polar surface area (TPSA) is 23.0 Å². The molecule has 0 spiro atoms. The fourth-order valence-electron chi connectivity index (χ4n) is 9.84. The summed E-state index contributed by atoms with van der Waals surface area (Å²) in [5.74, 6) is 0. The van der Waals surface area contributed by atoms with Crippen LogP contribution in [0.4, 0.5) is 0 Å². The highest BCUT2D eigenvalue weighted by Crippen LogP contribution is 2.59. The third-order valence-corrected chi connectivity index (χ3v) is 14.9. The number of para-hydroxylation sites is 3. The maximum absolute atomic E-state index is 6.21. The van der Waals surface area contributed by atoms with Crippen LogP contribution >= 0.6 is 23.5 Å². The van der Waals surface area contributed by atoms with Gasteiger partial charge >= 0.3 is 0 Å². The van der Waals surface area contributed by atoms with E-state index in [1.807, 2.05) is 35.7 Å². The number of rotatable bonds is 2. The molecule has 2 aliphatic rings. The van der Waals surface area contributed by atoms with Crippen LogP contribution in [0.2, 0.25) is 0 Å². The SMILES string of the molecule is CC1(C)c2cc3c(cc2-c2ccc4c(c21)Sc1ccccc1S4)c1ccccc1n3-c1ccc2c(c1)c1ccccc1n2-c1ccc2oc3ccccc3c2c1. The van der Waals surface area contributed by atoms with Gasteiger partial charge in [-0.25, -0.2) is 0 Å². The maximum Gasteiger partial charge on any atom is 0.135 e. The molecule has 264 valence electrons. The summed E-state index contributed by atoms with van der Waals surface area (Å²) in [6.45, 7) is 4.85. The van der Waals surface area contributed by atoms with E-state index in [0.717, 1.165) is 33.3 Å². The molecule has 13 rings (SSSR count). The fourth-order valence-corrected chi connectivity index (χ4v) is 12.4. The Morgan fingerprint density at radius 3 is 1.80 bits per heavy atom. The fraction of sp³-hybridized carbons (Fsp3) is 0.0588. The van der Waals surface area contributed by atoms with Gasteiger partial charge in [0, 0.05) is 68.7 Å². The summed E-state index contributed by atoms with van der Waals surface area (Å²) in [7, 11) is 0. The van der Waals surface area contributed by atoms with Crippen molar-refractivity contribution in [3.05, 3.63) is 169 Å². The molecule has 0 atom stereocenters. The highest BCUT2D eigenvalue weighted by Gasteiger charge is 2.40. The van der Waals surface area contributed by atoms with Crippen molar-refractivity contribution in [1.29, 1.82) is 0 Å². The number of hydrogen-bond donors (Lipinski definition) is 0. The smallest absolute Gasteiger partial charge is 0.135 e. The van der Waals surface area contributed by atoms with Gasteiger partial charge in [0.05, 0.1) is 22.1 Å². The molecule has 0 unspecified atom stereocenters. The molecule has 0 saturated heterocycles. The van der Waals surface area contributed by atoms with Crippen LogP contribution in [-0.2, 0) is 5.41 Å². The second kappa shape index (κ2) is 11.0. The van der Waals surface area contributed by atoms with E-state index in [2.05, 4.69) is 169 Å². The van der Waals surface area contributed by atoms with E-state index in [-0.39, 0.29) is 5.41 Å². The highest BCUT2D eigenvalue weighted by atomic mass is 32.2. The summed E-state index contributed by atoms with van der Waals surface area (Å²) in [5, 5.41) is 7.30. The molecule has 4 heterocycles. The molecule has 0 bridgehead atoms. The third-order valence-electron chi connectivity index (χ3n) is 12.3. The third kappa shape index (κ3) is 4.06. The summed E-state index contributed by atoms with van der Waals surface area (Å²) in [4.78, 5) is 5.46. The lowest BCUT2D eigenvalue weighted by atomic mass is 9.82. The van der Waals surface area contributed by atoms with E-state index in [1.165, 1.54) is 85.4 Å². The van der Waals surface area contributed by atoms with Crippen molar-refractivity contribution < 1.29 is 4.42 Å². The zero-order valence-corrected chi connectivity index (χ0v) is 32.3. The predicted molar refractivity (Wildman–Crippen MR) is 235 cm³/mol. The van der Waals surface area contributed by atoms with Crippen LogP contribution < -0.4 is 0 Å². The molecule has 0 radical (unpaired) electrons. The van der Waals surface area contributed by atoms with Gasteiger partial charge < -0.3 is 13.6 Å². The van der Waals surface area contributed by atoms with Crippen molar-refractivity contribution in [3.8, 4) is 22.5 Å². The van der Waals surface area contributed by atoms with Gasteiger partial charge in [-0.15, -0.1) is 0 Å². The molecule has 8 aromatic carbocycles. The molecule has 0 fully saturated rings. The van der Waals surface area contributed by atoms with E-state index < -0.39 is 0 Å². The minimum Gasteiger partial charge on any atom is -0.456 e. The summed E-state index contributed by atoms with van der Waals surface area (Å²) in [5.41, 5.74) is 14.4. The number of aromatic nitrogens is 2. The quantitative estimate of drug-likeness (QED) is 0.176. The lowest BCUT2D eigenvalue weighted by molar-refractivity contribution is 0.643. The Bertz CT molecular complexity index is 3530. The summed E-state index contributed by atoms with van der Waals surface area (Å²) in [6, 6.07) is 58.2. The van der Waals surface area contributed by atoms with Crippen LogP contribution in [0, 0.1) is 0 Å². The Balaban J connectivity index is 1.02. The van der Waals surface area contributed by atoms with E-state index in [1.54, 1.807) is 0 Å². The molecular weight excluding hydrogens is 721 g/mol. The number of hydrogen-bond acceptors (Lipinski definition) is 3. The Kier molecular flexibility index (Phi) is 6.11. The van der Waals surface area contributed by atoms with Gasteiger partial charge in [-0.05, 0) is 107 Å². The van der Waals surface area contributed by atoms with E-state index in [9.17, 15) is 0 Å². The first-order valence-corrected chi connectivity index (χ1v) is 20.8. The van der Waals surface area contributed by atoms with Crippen molar-refractivity contribution in [3.63, 3.8) is 0 Å². The van der Waals surface area contributed by atoms with E-state index >= 15 is 0 Å². The van der Waals surface area contributed by atoms with Crippen molar-refractivity contribution in [2.45, 2.75) is 38.8 Å². The predicted octanol–water partition coefficient (Wildman–Crippen LogP) is 14.7. The average Bonchev–Trinajstić information content (AvgIpc) is 3.94. The minimum absolute atomic E-state index is 0.163. The van der Waals surface area contributed by atoms with Crippen molar-refractivity contribution in [2.24, 2.45) is 0 Å². The number of fused-ring (bicyclic) bond motifs is 15. The Hall–Kier alpha value is -6.14. The summed E-state index contributed by atoms with van der Waals surface area (Å²) < 4.78 is 11.1. The number of nitrogens with zero attached hydrogens (tertiary/aromatic N) is 2. The first kappa shape index (κ1) is 31.1. The van der Waals surface area contributed by atoms with Crippen molar-refractivity contribution in [2.75, 3.05) is 0 Å². The van der Waals surface area contributed by atoms with Crippen LogP contribution in [-0.4, -0.2) is 9.13 Å². The molecule has 11 aromatic rings. The molecule has 1 aliphatic heterocycles. The van der Waals surface area contributed by atoms with Crippen LogP contribution in [0.3, 0.4) is 0 Å². The molecular formula is C51H32N2OS2. The second-order valence-corrected chi connectivity index (χ2v) is 17.8. The van der Waals surface area contributed by atoms with E-state index in [4.69, 9.17) is 4.42 Å². The molecule has 3 aromatic heterocycles. The number of benzene rings is 8. The van der Waals surface area contributed by atoms with Gasteiger partial charge in [-0.2, -0.15) is 0 Å². The van der Waals surface area contributed by atoms with Crippen LogP contribution in [0.5, 0.6) is 0 Å². The molecule has 0 amide bonds. The largest absolute Gasteiger partial charge is 0.456 e. The van der Waals surface area contributed by atoms with Crippen molar-refractivity contribution >= 4 is 89.1 Å². The van der Waals surface area contributed by atoms with Crippen LogP contribution in [0.15, 0.2) is 182 Å². The Morgan fingerprint density at radius 2 is 1.02 bits per heavy atom. The molecule has 56 heavy (non-hydrogen) atoms. The zero-order chi connectivity index (χ0) is 36.9. The summed E-state index contributed by atoms with van der Waals surface area (Å²) in [6.07, 6.45) is 0. The molecule has 0 saturated carbocycles. The lowest BCUT2D eigenvalue weighted by Crippen LogP contribution is -2.17. The van der Waals surface area contributed by atoms with Gasteiger partial charge in [-0.1, -0.05) is 110 Å². The summed E-state index contributed by atoms with van der Waals surface area (Å²) >= 11 is 3.85. The maximum atomic E-state index is 6.21. The van der Waals surface area contributed by atoms with Crippen LogP contribution in [0.1, 0.15) is 25.0 Å².